The predicted molar refractivity (Wildman–Crippen MR) is 109 cm³/mol. The molecule has 0 unspecified atom stereocenters. The minimum Gasteiger partial charge on any atom is -0.495 e. The van der Waals surface area contributed by atoms with Crippen LogP contribution in [0, 0.1) is 0 Å². The Hall–Kier alpha value is -2.54. The summed E-state index contributed by atoms with van der Waals surface area (Å²) in [7, 11) is 1.38. The molecule has 4 nitrogen and oxygen atoms in total. The normalized spacial score (nSPS) is 17.6. The number of ether oxygens (including phenoxy) is 1. The lowest BCUT2D eigenvalue weighted by Gasteiger charge is -2.36. The zero-order valence-corrected chi connectivity index (χ0v) is 16.9. The van der Waals surface area contributed by atoms with E-state index in [4.69, 9.17) is 4.74 Å². The van der Waals surface area contributed by atoms with E-state index in [0.29, 0.717) is 10.9 Å². The van der Waals surface area contributed by atoms with Crippen LogP contribution in [0.2, 0.25) is 0 Å². The number of methoxy groups -OCH3 is 1. The zero-order chi connectivity index (χ0) is 21.3. The van der Waals surface area contributed by atoms with Gasteiger partial charge in [0.15, 0.2) is 0 Å². The molecule has 0 aromatic heterocycles. The minimum absolute atomic E-state index is 0.0759. The number of halogens is 3. The Morgan fingerprint density at radius 2 is 1.77 bits per heavy atom. The topological polar surface area (TPSA) is 32.8 Å². The van der Waals surface area contributed by atoms with Gasteiger partial charge < -0.3 is 4.74 Å². The number of hydrogen-bond donors (Lipinski definition) is 0. The summed E-state index contributed by atoms with van der Waals surface area (Å²) in [5, 5.41) is 0. The summed E-state index contributed by atoms with van der Waals surface area (Å²) < 4.78 is 45.6. The fourth-order valence-corrected chi connectivity index (χ4v) is 4.29. The molecule has 1 aliphatic carbocycles. The molecule has 7 heteroatoms. The molecule has 0 saturated heterocycles. The monoisotopic (exact) mass is 418 g/mol. The summed E-state index contributed by atoms with van der Waals surface area (Å²) in [5.41, 5.74) is 2.42. The average Bonchev–Trinajstić information content (AvgIpc) is 2.89. The molecule has 1 saturated carbocycles. The van der Waals surface area contributed by atoms with E-state index in [2.05, 4.69) is 4.90 Å². The average molecular weight is 418 g/mol. The highest BCUT2D eigenvalue weighted by atomic mass is 19.4. The zero-order valence-electron chi connectivity index (χ0n) is 16.9. The second-order valence-corrected chi connectivity index (χ2v) is 7.88. The Labute approximate surface area is 174 Å². The molecule has 2 aromatic rings. The summed E-state index contributed by atoms with van der Waals surface area (Å²) in [6, 6.07) is 12.1. The van der Waals surface area contributed by atoms with Crippen LogP contribution in [0.1, 0.15) is 30.4 Å². The van der Waals surface area contributed by atoms with Gasteiger partial charge in [0, 0.05) is 24.8 Å². The minimum atomic E-state index is -5.01. The Kier molecular flexibility index (Phi) is 5.73. The highest BCUT2D eigenvalue weighted by Gasteiger charge is 2.44. The molecule has 0 bridgehead atoms. The highest BCUT2D eigenvalue weighted by molar-refractivity contribution is 6.04. The van der Waals surface area contributed by atoms with Gasteiger partial charge in [0.1, 0.15) is 5.75 Å². The number of rotatable bonds is 4. The van der Waals surface area contributed by atoms with Crippen LogP contribution in [0.25, 0.3) is 0 Å². The molecule has 1 fully saturated rings. The van der Waals surface area contributed by atoms with Crippen molar-refractivity contribution < 1.29 is 22.7 Å². The molecule has 2 aliphatic rings. The first kappa shape index (κ1) is 20.7. The van der Waals surface area contributed by atoms with Gasteiger partial charge in [-0.25, -0.2) is 0 Å². The second kappa shape index (κ2) is 8.30. The van der Waals surface area contributed by atoms with Crippen molar-refractivity contribution in [1.82, 2.24) is 4.90 Å². The molecule has 0 radical (unpaired) electrons. The molecule has 1 aliphatic heterocycles. The number of amides is 1. The van der Waals surface area contributed by atoms with E-state index in [9.17, 15) is 18.0 Å². The molecule has 0 spiro atoms. The van der Waals surface area contributed by atoms with Crippen LogP contribution in [0.15, 0.2) is 42.5 Å². The standard InChI is InChI=1S/C23H25F3N2O2/c1-30-21-8-3-2-7-20(21)28(22(29)23(24,25)26)19-10-9-16-11-13-27(18-5-4-6-18)14-12-17(16)15-19/h2-3,7-10,15,18H,4-6,11-14H2,1H3. The Balaban J connectivity index is 1.70. The maximum atomic E-state index is 13.5. The lowest BCUT2D eigenvalue weighted by molar-refractivity contribution is -0.169. The summed E-state index contributed by atoms with van der Waals surface area (Å²) >= 11 is 0. The van der Waals surface area contributed by atoms with Crippen molar-refractivity contribution in [3.8, 4) is 5.75 Å². The third-order valence-electron chi connectivity index (χ3n) is 6.15. The van der Waals surface area contributed by atoms with E-state index in [0.717, 1.165) is 37.1 Å². The first-order valence-corrected chi connectivity index (χ1v) is 10.3. The van der Waals surface area contributed by atoms with Gasteiger partial charge in [-0.15, -0.1) is 0 Å². The number of anilines is 2. The van der Waals surface area contributed by atoms with Gasteiger partial charge in [0.05, 0.1) is 12.8 Å². The summed E-state index contributed by atoms with van der Waals surface area (Å²) in [4.78, 5) is 15.6. The van der Waals surface area contributed by atoms with Gasteiger partial charge >= 0.3 is 12.1 Å². The Morgan fingerprint density at radius 3 is 2.40 bits per heavy atom. The Morgan fingerprint density at radius 1 is 1.07 bits per heavy atom. The number of para-hydroxylation sites is 2. The predicted octanol–water partition coefficient (Wildman–Crippen LogP) is 4.88. The third-order valence-corrected chi connectivity index (χ3v) is 6.15. The van der Waals surface area contributed by atoms with Crippen LogP contribution in [0.5, 0.6) is 5.75 Å². The maximum Gasteiger partial charge on any atom is 0.472 e. The molecule has 160 valence electrons. The molecule has 0 N–H and O–H groups in total. The number of alkyl halides is 3. The molecule has 1 heterocycles. The van der Waals surface area contributed by atoms with E-state index in [-0.39, 0.29) is 17.1 Å². The quantitative estimate of drug-likeness (QED) is 0.710. The summed E-state index contributed by atoms with van der Waals surface area (Å²) in [6.07, 6.45) is 0.348. The number of fused-ring (bicyclic) bond motifs is 1. The number of nitrogens with zero attached hydrogens (tertiary/aromatic N) is 2. The van der Waals surface area contributed by atoms with Crippen molar-refractivity contribution in [3.05, 3.63) is 53.6 Å². The van der Waals surface area contributed by atoms with E-state index in [1.807, 2.05) is 6.07 Å². The van der Waals surface area contributed by atoms with Crippen LogP contribution in [-0.2, 0) is 17.6 Å². The smallest absolute Gasteiger partial charge is 0.472 e. The lowest BCUT2D eigenvalue weighted by atomic mass is 9.91. The molecular formula is C23H25F3N2O2. The summed E-state index contributed by atoms with van der Waals surface area (Å²) in [6.45, 7) is 1.86. The van der Waals surface area contributed by atoms with Gasteiger partial charge in [0.2, 0.25) is 0 Å². The van der Waals surface area contributed by atoms with Crippen molar-refractivity contribution >= 4 is 17.3 Å². The summed E-state index contributed by atoms with van der Waals surface area (Å²) in [5.74, 6) is -1.72. The largest absolute Gasteiger partial charge is 0.495 e. The Bertz CT molecular complexity index is 925. The molecule has 4 rings (SSSR count). The fraction of sp³-hybridized carbons (Fsp3) is 0.435. The van der Waals surface area contributed by atoms with E-state index in [1.54, 1.807) is 30.3 Å². The van der Waals surface area contributed by atoms with Gasteiger partial charge in [-0.1, -0.05) is 24.6 Å². The van der Waals surface area contributed by atoms with E-state index in [1.165, 1.54) is 32.4 Å². The molecule has 30 heavy (non-hydrogen) atoms. The molecule has 1 amide bonds. The van der Waals surface area contributed by atoms with Crippen molar-refractivity contribution in [1.29, 1.82) is 0 Å². The first-order valence-electron chi connectivity index (χ1n) is 10.3. The number of carbonyl (C=O) groups is 1. The van der Waals surface area contributed by atoms with Crippen LogP contribution in [0.3, 0.4) is 0 Å². The van der Waals surface area contributed by atoms with Crippen molar-refractivity contribution in [2.24, 2.45) is 0 Å². The lowest BCUT2D eigenvalue weighted by Crippen LogP contribution is -2.41. The van der Waals surface area contributed by atoms with Crippen molar-refractivity contribution in [2.75, 3.05) is 25.1 Å². The van der Waals surface area contributed by atoms with Crippen LogP contribution >= 0.6 is 0 Å². The van der Waals surface area contributed by atoms with Gasteiger partial charge in [-0.3, -0.25) is 14.6 Å². The number of carbonyl (C=O) groups excluding carboxylic acids is 1. The van der Waals surface area contributed by atoms with Gasteiger partial charge in [-0.05, 0) is 61.1 Å². The van der Waals surface area contributed by atoms with Crippen LogP contribution < -0.4 is 9.64 Å². The number of hydrogen-bond acceptors (Lipinski definition) is 3. The van der Waals surface area contributed by atoms with Gasteiger partial charge in [0.25, 0.3) is 0 Å². The fourth-order valence-electron chi connectivity index (χ4n) is 4.29. The molecule has 2 aromatic carbocycles. The number of benzene rings is 2. The van der Waals surface area contributed by atoms with Crippen molar-refractivity contribution in [3.63, 3.8) is 0 Å². The van der Waals surface area contributed by atoms with Crippen molar-refractivity contribution in [2.45, 2.75) is 44.3 Å². The highest BCUT2D eigenvalue weighted by Crippen LogP contribution is 2.38. The first-order chi connectivity index (χ1) is 14.4. The second-order valence-electron chi connectivity index (χ2n) is 7.88. The van der Waals surface area contributed by atoms with E-state index >= 15 is 0 Å². The van der Waals surface area contributed by atoms with Crippen LogP contribution in [-0.4, -0.2) is 43.2 Å². The van der Waals surface area contributed by atoms with Gasteiger partial charge in [-0.2, -0.15) is 13.2 Å². The maximum absolute atomic E-state index is 13.5. The SMILES string of the molecule is COc1ccccc1N(C(=O)C(F)(F)F)c1ccc2c(c1)CCN(C1CCC1)CC2. The van der Waals surface area contributed by atoms with Crippen LogP contribution in [0.4, 0.5) is 24.5 Å². The third kappa shape index (κ3) is 4.03. The molecule has 0 atom stereocenters. The van der Waals surface area contributed by atoms with E-state index < -0.39 is 12.1 Å². The molecular weight excluding hydrogens is 393 g/mol.